The summed E-state index contributed by atoms with van der Waals surface area (Å²) in [7, 11) is 0. The molecule has 1 aromatic carbocycles. The average Bonchev–Trinajstić information content (AvgIpc) is 2.37. The van der Waals surface area contributed by atoms with E-state index in [0.717, 1.165) is 10.5 Å². The first-order chi connectivity index (χ1) is 8.84. The van der Waals surface area contributed by atoms with Crippen LogP contribution in [-0.2, 0) is 17.8 Å². The number of nitrogens with two attached hydrogens (primary N) is 1. The number of hydrogen-bond donors (Lipinski definition) is 1. The number of benzene rings is 1. The van der Waals surface area contributed by atoms with Gasteiger partial charge in [-0.15, -0.1) is 0 Å². The fourth-order valence-electron chi connectivity index (χ4n) is 2.08. The largest absolute Gasteiger partial charge is 0.398 e. The molecule has 0 fully saturated rings. The van der Waals surface area contributed by atoms with Crippen LogP contribution in [0.25, 0.3) is 0 Å². The molecule has 1 amide bonds. The molecule has 0 bridgehead atoms. The number of alkyl halides is 4. The maximum absolute atomic E-state index is 13.0. The van der Waals surface area contributed by atoms with E-state index in [-0.39, 0.29) is 13.1 Å². The van der Waals surface area contributed by atoms with Gasteiger partial charge in [0.25, 0.3) is 5.91 Å². The van der Waals surface area contributed by atoms with Gasteiger partial charge in [0.1, 0.15) is 0 Å². The topological polar surface area (TPSA) is 46.3 Å². The third-order valence-electron chi connectivity index (χ3n) is 3.16. The van der Waals surface area contributed by atoms with Gasteiger partial charge >= 0.3 is 12.3 Å². The van der Waals surface area contributed by atoms with Crippen molar-refractivity contribution >= 4 is 11.6 Å². The number of amides is 1. The van der Waals surface area contributed by atoms with E-state index in [4.69, 9.17) is 5.73 Å². The Morgan fingerprint density at radius 1 is 1.37 bits per heavy atom. The smallest absolute Gasteiger partial charge is 0.383 e. The maximum Gasteiger partial charge on any atom is 0.383 e. The first kappa shape index (κ1) is 13.6. The minimum Gasteiger partial charge on any atom is -0.398 e. The number of carbonyl (C=O) groups excluding carboxylic acids is 1. The summed E-state index contributed by atoms with van der Waals surface area (Å²) in [5.74, 6) is -6.50. The molecule has 1 aromatic rings. The van der Waals surface area contributed by atoms with Gasteiger partial charge < -0.3 is 10.6 Å². The van der Waals surface area contributed by atoms with E-state index >= 15 is 0 Å². The Kier molecular flexibility index (Phi) is 3.38. The van der Waals surface area contributed by atoms with Crippen molar-refractivity contribution in [3.8, 4) is 0 Å². The molecule has 1 aliphatic rings. The van der Waals surface area contributed by atoms with E-state index in [1.807, 2.05) is 0 Å². The highest BCUT2D eigenvalue weighted by molar-refractivity contribution is 5.84. The molecular weight excluding hydrogens is 264 g/mol. The quantitative estimate of drug-likeness (QED) is 0.664. The lowest BCUT2D eigenvalue weighted by Gasteiger charge is -2.31. The van der Waals surface area contributed by atoms with Gasteiger partial charge in [-0.2, -0.15) is 8.78 Å². The first-order valence-electron chi connectivity index (χ1n) is 5.65. The van der Waals surface area contributed by atoms with Crippen molar-refractivity contribution in [2.24, 2.45) is 0 Å². The van der Waals surface area contributed by atoms with Crippen molar-refractivity contribution in [3.63, 3.8) is 0 Å². The lowest BCUT2D eigenvalue weighted by atomic mass is 9.98. The minimum atomic E-state index is -4.65. The van der Waals surface area contributed by atoms with E-state index in [9.17, 15) is 22.4 Å². The van der Waals surface area contributed by atoms with Crippen LogP contribution in [-0.4, -0.2) is 29.7 Å². The Bertz CT molecular complexity index is 505. The zero-order chi connectivity index (χ0) is 14.2. The normalized spacial score (nSPS) is 15.5. The van der Waals surface area contributed by atoms with Gasteiger partial charge in [-0.3, -0.25) is 4.79 Å². The lowest BCUT2D eigenvalue weighted by Crippen LogP contribution is -2.49. The highest BCUT2D eigenvalue weighted by Gasteiger charge is 2.51. The molecular formula is C12H12F4N2O. The minimum absolute atomic E-state index is 0.0163. The number of halogens is 4. The van der Waals surface area contributed by atoms with Crippen LogP contribution in [0.3, 0.4) is 0 Å². The number of rotatable bonds is 2. The molecule has 0 spiro atoms. The Morgan fingerprint density at radius 2 is 2.05 bits per heavy atom. The standard InChI is InChI=1S/C12H12F4N2O/c13-10(14)12(15,16)11(19)18-5-4-7-2-1-3-9(17)8(7)6-18/h1-3,10H,4-6,17H2. The molecule has 0 unspecified atom stereocenters. The molecule has 0 radical (unpaired) electrons. The van der Waals surface area contributed by atoms with Crippen LogP contribution in [0, 0.1) is 0 Å². The van der Waals surface area contributed by atoms with Gasteiger partial charge in [0.2, 0.25) is 0 Å². The second-order valence-corrected chi connectivity index (χ2v) is 4.39. The number of hydrogen-bond acceptors (Lipinski definition) is 2. The van der Waals surface area contributed by atoms with Gasteiger partial charge in [-0.1, -0.05) is 12.1 Å². The molecule has 0 aliphatic carbocycles. The summed E-state index contributed by atoms with van der Waals surface area (Å²) in [5, 5.41) is 0. The van der Waals surface area contributed by atoms with Gasteiger partial charge in [0, 0.05) is 18.8 Å². The molecule has 0 saturated carbocycles. The fraction of sp³-hybridized carbons (Fsp3) is 0.417. The van der Waals surface area contributed by atoms with Gasteiger partial charge in [-0.05, 0) is 23.6 Å². The Hall–Kier alpha value is -1.79. The number of fused-ring (bicyclic) bond motifs is 1. The molecule has 19 heavy (non-hydrogen) atoms. The number of nitrogens with zero attached hydrogens (tertiary/aromatic N) is 1. The molecule has 3 nitrogen and oxygen atoms in total. The summed E-state index contributed by atoms with van der Waals surface area (Å²) in [6, 6.07) is 5.08. The second-order valence-electron chi connectivity index (χ2n) is 4.39. The highest BCUT2D eigenvalue weighted by atomic mass is 19.3. The summed E-state index contributed by atoms with van der Waals surface area (Å²) < 4.78 is 50.4. The van der Waals surface area contributed by atoms with Crippen LogP contribution in [0.15, 0.2) is 18.2 Å². The van der Waals surface area contributed by atoms with E-state index in [2.05, 4.69) is 0 Å². The number of nitrogen functional groups attached to an aromatic ring is 1. The Balaban J connectivity index is 2.23. The Labute approximate surface area is 107 Å². The van der Waals surface area contributed by atoms with Gasteiger partial charge in [0.15, 0.2) is 0 Å². The second kappa shape index (κ2) is 4.71. The molecule has 2 N–H and O–H groups in total. The summed E-state index contributed by atoms with van der Waals surface area (Å²) in [5.41, 5.74) is 7.47. The van der Waals surface area contributed by atoms with Crippen LogP contribution >= 0.6 is 0 Å². The SMILES string of the molecule is Nc1cccc2c1CN(C(=O)C(F)(F)C(F)F)CC2. The van der Waals surface area contributed by atoms with Crippen LogP contribution < -0.4 is 5.73 Å². The lowest BCUT2D eigenvalue weighted by molar-refractivity contribution is -0.181. The molecule has 1 aliphatic heterocycles. The molecule has 2 rings (SSSR count). The molecule has 0 aromatic heterocycles. The molecule has 0 saturated heterocycles. The first-order valence-corrected chi connectivity index (χ1v) is 5.65. The summed E-state index contributed by atoms with van der Waals surface area (Å²) in [6.45, 7) is -0.180. The summed E-state index contributed by atoms with van der Waals surface area (Å²) in [4.78, 5) is 12.2. The van der Waals surface area contributed by atoms with Crippen LogP contribution in [0.5, 0.6) is 0 Å². The van der Waals surface area contributed by atoms with E-state index < -0.39 is 18.3 Å². The predicted molar refractivity (Wildman–Crippen MR) is 60.9 cm³/mol. The van der Waals surface area contributed by atoms with E-state index in [0.29, 0.717) is 17.7 Å². The fourth-order valence-corrected chi connectivity index (χ4v) is 2.08. The van der Waals surface area contributed by atoms with Gasteiger partial charge in [0.05, 0.1) is 0 Å². The van der Waals surface area contributed by atoms with Gasteiger partial charge in [-0.25, -0.2) is 8.78 Å². The predicted octanol–water partition coefficient (Wildman–Crippen LogP) is 2.05. The van der Waals surface area contributed by atoms with Crippen molar-refractivity contribution in [3.05, 3.63) is 29.3 Å². The third kappa shape index (κ3) is 2.36. The van der Waals surface area contributed by atoms with Crippen LogP contribution in [0.2, 0.25) is 0 Å². The van der Waals surface area contributed by atoms with E-state index in [1.165, 1.54) is 0 Å². The van der Waals surface area contributed by atoms with Crippen molar-refractivity contribution in [2.75, 3.05) is 12.3 Å². The third-order valence-corrected chi connectivity index (χ3v) is 3.16. The maximum atomic E-state index is 13.0. The zero-order valence-electron chi connectivity index (χ0n) is 9.88. The molecule has 1 heterocycles. The van der Waals surface area contributed by atoms with E-state index in [1.54, 1.807) is 18.2 Å². The van der Waals surface area contributed by atoms with Crippen molar-refractivity contribution in [2.45, 2.75) is 25.3 Å². The molecule has 104 valence electrons. The van der Waals surface area contributed by atoms with Crippen LogP contribution in [0.1, 0.15) is 11.1 Å². The summed E-state index contributed by atoms with van der Waals surface area (Å²) >= 11 is 0. The zero-order valence-corrected chi connectivity index (χ0v) is 9.88. The van der Waals surface area contributed by atoms with Crippen molar-refractivity contribution in [1.82, 2.24) is 4.90 Å². The molecule has 7 heteroatoms. The number of carbonyl (C=O) groups is 1. The molecule has 0 atom stereocenters. The summed E-state index contributed by atoms with van der Waals surface area (Å²) in [6.07, 6.45) is -3.68. The van der Waals surface area contributed by atoms with Crippen molar-refractivity contribution in [1.29, 1.82) is 0 Å². The average molecular weight is 276 g/mol. The highest BCUT2D eigenvalue weighted by Crippen LogP contribution is 2.30. The van der Waals surface area contributed by atoms with Crippen LogP contribution in [0.4, 0.5) is 23.2 Å². The Morgan fingerprint density at radius 3 is 2.68 bits per heavy atom. The number of anilines is 1. The monoisotopic (exact) mass is 276 g/mol. The van der Waals surface area contributed by atoms with Crippen molar-refractivity contribution < 1.29 is 22.4 Å².